The molecule has 3 rings (SSSR count). The molecule has 1 aromatic carbocycles. The second kappa shape index (κ2) is 5.79. The number of aryl methyl sites for hydroxylation is 1. The number of aliphatic hydroxyl groups is 1. The van der Waals surface area contributed by atoms with E-state index in [1.807, 2.05) is 12.1 Å². The van der Waals surface area contributed by atoms with E-state index in [0.717, 1.165) is 31.2 Å². The van der Waals surface area contributed by atoms with Crippen molar-refractivity contribution in [3.05, 3.63) is 45.6 Å². The van der Waals surface area contributed by atoms with Gasteiger partial charge in [0.25, 0.3) is 10.0 Å². The zero-order valence-electron chi connectivity index (χ0n) is 11.5. The maximum Gasteiger partial charge on any atom is 0.263 e. The molecule has 21 heavy (non-hydrogen) atoms. The molecule has 0 aliphatic heterocycles. The van der Waals surface area contributed by atoms with Crippen molar-refractivity contribution in [2.24, 2.45) is 0 Å². The zero-order chi connectivity index (χ0) is 14.9. The lowest BCUT2D eigenvalue weighted by atomic mass is 9.91. The third-order valence-electron chi connectivity index (χ3n) is 3.78. The molecule has 1 aliphatic carbocycles. The minimum atomic E-state index is -3.65. The van der Waals surface area contributed by atoms with Crippen molar-refractivity contribution in [1.29, 1.82) is 0 Å². The molecule has 0 unspecified atom stereocenters. The summed E-state index contributed by atoms with van der Waals surface area (Å²) in [7, 11) is -3.65. The molecule has 1 heterocycles. The molecule has 2 aromatic rings. The van der Waals surface area contributed by atoms with Crippen LogP contribution < -0.4 is 4.72 Å². The normalized spacial score (nSPS) is 14.7. The van der Waals surface area contributed by atoms with Crippen molar-refractivity contribution < 1.29 is 13.5 Å². The highest BCUT2D eigenvalue weighted by Crippen LogP contribution is 2.30. The topological polar surface area (TPSA) is 66.4 Å². The molecule has 0 bridgehead atoms. The average molecular weight is 323 g/mol. The van der Waals surface area contributed by atoms with E-state index in [1.54, 1.807) is 5.38 Å². The van der Waals surface area contributed by atoms with Crippen molar-refractivity contribution in [3.8, 4) is 0 Å². The predicted octanol–water partition coefficient (Wildman–Crippen LogP) is 2.92. The molecule has 112 valence electrons. The Morgan fingerprint density at radius 2 is 2.00 bits per heavy atom. The van der Waals surface area contributed by atoms with Crippen LogP contribution in [0.2, 0.25) is 0 Å². The molecule has 0 saturated heterocycles. The van der Waals surface area contributed by atoms with Gasteiger partial charge in [0.05, 0.1) is 17.2 Å². The molecule has 2 N–H and O–H groups in total. The Bertz CT molecular complexity index is 750. The first-order chi connectivity index (χ1) is 10.1. The Labute approximate surface area is 128 Å². The van der Waals surface area contributed by atoms with E-state index in [2.05, 4.69) is 10.8 Å². The largest absolute Gasteiger partial charge is 0.391 e. The number of aliphatic hydroxyl groups excluding tert-OH is 1. The van der Waals surface area contributed by atoms with Crippen LogP contribution in [0.5, 0.6) is 0 Å². The van der Waals surface area contributed by atoms with Gasteiger partial charge in [-0.3, -0.25) is 4.72 Å². The van der Waals surface area contributed by atoms with Crippen molar-refractivity contribution >= 4 is 27.0 Å². The number of sulfonamides is 1. The first kappa shape index (κ1) is 14.6. The number of anilines is 1. The summed E-state index contributed by atoms with van der Waals surface area (Å²) in [6, 6.07) is 7.30. The summed E-state index contributed by atoms with van der Waals surface area (Å²) in [5.74, 6) is 0. The minimum absolute atomic E-state index is 0.170. The van der Waals surface area contributed by atoms with Crippen molar-refractivity contribution in [2.45, 2.75) is 37.2 Å². The first-order valence-corrected chi connectivity index (χ1v) is 9.29. The van der Waals surface area contributed by atoms with Gasteiger partial charge >= 0.3 is 0 Å². The summed E-state index contributed by atoms with van der Waals surface area (Å²) in [6.07, 6.45) is 4.16. The third-order valence-corrected chi connectivity index (χ3v) is 6.26. The summed E-state index contributed by atoms with van der Waals surface area (Å²) in [4.78, 5) is 0.635. The molecule has 0 spiro atoms. The molecule has 0 saturated carbocycles. The van der Waals surface area contributed by atoms with E-state index in [9.17, 15) is 13.5 Å². The van der Waals surface area contributed by atoms with Crippen LogP contribution in [0.3, 0.4) is 0 Å². The third kappa shape index (κ3) is 2.84. The molecular formula is C15H17NO3S2. The number of rotatable bonds is 4. The van der Waals surface area contributed by atoms with Gasteiger partial charge < -0.3 is 5.11 Å². The maximum absolute atomic E-state index is 12.5. The van der Waals surface area contributed by atoms with Gasteiger partial charge in [-0.25, -0.2) is 8.42 Å². The Balaban J connectivity index is 1.97. The summed E-state index contributed by atoms with van der Waals surface area (Å²) >= 11 is 1.25. The van der Waals surface area contributed by atoms with Gasteiger partial charge in [-0.2, -0.15) is 0 Å². The van der Waals surface area contributed by atoms with Gasteiger partial charge in [0.1, 0.15) is 4.90 Å². The fourth-order valence-corrected chi connectivity index (χ4v) is 5.15. The van der Waals surface area contributed by atoms with Crippen LogP contribution >= 0.6 is 11.3 Å². The summed E-state index contributed by atoms with van der Waals surface area (Å²) in [5.41, 5.74) is 3.00. The van der Waals surface area contributed by atoms with Crippen molar-refractivity contribution in [2.75, 3.05) is 4.72 Å². The van der Waals surface area contributed by atoms with Gasteiger partial charge in [0.2, 0.25) is 0 Å². The number of nitrogens with one attached hydrogen (secondary N) is 1. The predicted molar refractivity (Wildman–Crippen MR) is 84.1 cm³/mol. The average Bonchev–Trinajstić information content (AvgIpc) is 2.97. The van der Waals surface area contributed by atoms with Crippen LogP contribution in [0, 0.1) is 0 Å². The smallest absolute Gasteiger partial charge is 0.263 e. The number of hydrogen-bond donors (Lipinski definition) is 2. The van der Waals surface area contributed by atoms with Crippen LogP contribution in [0.1, 0.15) is 28.8 Å². The molecular weight excluding hydrogens is 306 g/mol. The van der Waals surface area contributed by atoms with Gasteiger partial charge in [-0.15, -0.1) is 11.3 Å². The van der Waals surface area contributed by atoms with Crippen molar-refractivity contribution in [1.82, 2.24) is 0 Å². The highest BCUT2D eigenvalue weighted by molar-refractivity contribution is 7.93. The Morgan fingerprint density at radius 1 is 1.19 bits per heavy atom. The minimum Gasteiger partial charge on any atom is -0.391 e. The monoisotopic (exact) mass is 323 g/mol. The van der Waals surface area contributed by atoms with E-state index in [4.69, 9.17) is 0 Å². The standard InChI is InChI=1S/C15H17NO3S2/c17-10-14-15(8-9-20-14)21(18,19)16-13-7-3-5-11-4-1-2-6-12(11)13/h3,5,7-9,16-17H,1-2,4,6,10H2. The van der Waals surface area contributed by atoms with Crippen LogP contribution in [-0.4, -0.2) is 13.5 Å². The highest BCUT2D eigenvalue weighted by Gasteiger charge is 2.22. The van der Waals surface area contributed by atoms with E-state index < -0.39 is 10.0 Å². The lowest BCUT2D eigenvalue weighted by Gasteiger charge is -2.20. The second-order valence-electron chi connectivity index (χ2n) is 5.12. The van der Waals surface area contributed by atoms with E-state index in [1.165, 1.54) is 23.0 Å². The Hall–Kier alpha value is -1.37. The van der Waals surface area contributed by atoms with Crippen LogP contribution in [0.4, 0.5) is 5.69 Å². The van der Waals surface area contributed by atoms with Gasteiger partial charge in [0, 0.05) is 0 Å². The van der Waals surface area contributed by atoms with Gasteiger partial charge in [0.15, 0.2) is 0 Å². The Kier molecular flexibility index (Phi) is 4.01. The molecule has 0 atom stereocenters. The van der Waals surface area contributed by atoms with Crippen LogP contribution in [-0.2, 0) is 29.5 Å². The fraction of sp³-hybridized carbons (Fsp3) is 0.333. The van der Waals surface area contributed by atoms with Gasteiger partial charge in [-0.05, 0) is 54.3 Å². The summed E-state index contributed by atoms with van der Waals surface area (Å²) in [6.45, 7) is -0.263. The molecule has 6 heteroatoms. The molecule has 4 nitrogen and oxygen atoms in total. The second-order valence-corrected chi connectivity index (χ2v) is 7.77. The van der Waals surface area contributed by atoms with Crippen LogP contribution in [0.15, 0.2) is 34.5 Å². The maximum atomic E-state index is 12.5. The quantitative estimate of drug-likeness (QED) is 0.909. The lowest BCUT2D eigenvalue weighted by molar-refractivity contribution is 0.282. The van der Waals surface area contributed by atoms with Crippen molar-refractivity contribution in [3.63, 3.8) is 0 Å². The van der Waals surface area contributed by atoms with Crippen LogP contribution in [0.25, 0.3) is 0 Å². The Morgan fingerprint density at radius 3 is 2.81 bits per heavy atom. The SMILES string of the molecule is O=S(=O)(Nc1cccc2c1CCCC2)c1ccsc1CO. The molecule has 1 aliphatic rings. The zero-order valence-corrected chi connectivity index (χ0v) is 13.1. The lowest BCUT2D eigenvalue weighted by Crippen LogP contribution is -2.16. The number of hydrogen-bond acceptors (Lipinski definition) is 4. The van der Waals surface area contributed by atoms with E-state index in [0.29, 0.717) is 10.6 Å². The summed E-state index contributed by atoms with van der Waals surface area (Å²) < 4.78 is 27.7. The van der Waals surface area contributed by atoms with E-state index >= 15 is 0 Å². The van der Waals surface area contributed by atoms with Gasteiger partial charge in [-0.1, -0.05) is 12.1 Å². The first-order valence-electron chi connectivity index (χ1n) is 6.92. The number of thiophene rings is 1. The molecule has 0 fully saturated rings. The fourth-order valence-electron chi connectivity index (χ4n) is 2.76. The number of benzene rings is 1. The molecule has 1 aromatic heterocycles. The highest BCUT2D eigenvalue weighted by atomic mass is 32.2. The molecule has 0 radical (unpaired) electrons. The number of fused-ring (bicyclic) bond motifs is 1. The van der Waals surface area contributed by atoms with E-state index in [-0.39, 0.29) is 11.5 Å². The summed E-state index contributed by atoms with van der Waals surface area (Å²) in [5, 5.41) is 10.9. The molecule has 0 amide bonds.